The van der Waals surface area contributed by atoms with Crippen LogP contribution >= 0.6 is 0 Å². The van der Waals surface area contributed by atoms with Gasteiger partial charge in [0.25, 0.3) is 0 Å². The van der Waals surface area contributed by atoms with Gasteiger partial charge in [0.05, 0.1) is 26.4 Å². The lowest BCUT2D eigenvalue weighted by Gasteiger charge is -2.36. The zero-order chi connectivity index (χ0) is 22.1. The third-order valence-corrected chi connectivity index (χ3v) is 5.66. The molecule has 8 nitrogen and oxygen atoms in total. The monoisotopic (exact) mass is 431 g/mol. The average Bonchev–Trinajstić information content (AvgIpc) is 2.82. The van der Waals surface area contributed by atoms with Crippen LogP contribution in [-0.4, -0.2) is 97.9 Å². The van der Waals surface area contributed by atoms with Gasteiger partial charge in [-0.3, -0.25) is 19.3 Å². The van der Waals surface area contributed by atoms with Crippen molar-refractivity contribution in [3.05, 3.63) is 29.8 Å². The van der Waals surface area contributed by atoms with Crippen molar-refractivity contribution in [1.29, 1.82) is 0 Å². The van der Waals surface area contributed by atoms with Crippen molar-refractivity contribution in [1.82, 2.24) is 14.7 Å². The molecule has 2 saturated heterocycles. The van der Waals surface area contributed by atoms with E-state index in [1.165, 1.54) is 0 Å². The van der Waals surface area contributed by atoms with Crippen molar-refractivity contribution < 1.29 is 23.9 Å². The number of morpholine rings is 1. The highest BCUT2D eigenvalue weighted by Crippen LogP contribution is 2.15. The largest absolute Gasteiger partial charge is 0.494 e. The Morgan fingerprint density at radius 2 is 1.48 bits per heavy atom. The first-order chi connectivity index (χ1) is 15.1. The predicted octanol–water partition coefficient (Wildman–Crippen LogP) is 1.44. The summed E-state index contributed by atoms with van der Waals surface area (Å²) in [6.45, 7) is 8.14. The lowest BCUT2D eigenvalue weighted by atomic mass is 10.1. The number of piperazine rings is 1. The molecule has 8 heteroatoms. The van der Waals surface area contributed by atoms with Crippen LogP contribution in [0.5, 0.6) is 5.75 Å². The van der Waals surface area contributed by atoms with E-state index in [2.05, 4.69) is 4.90 Å². The molecule has 0 aliphatic carbocycles. The number of carbonyl (C=O) groups excluding carboxylic acids is 3. The summed E-state index contributed by atoms with van der Waals surface area (Å²) in [6, 6.07) is 7.07. The van der Waals surface area contributed by atoms with Gasteiger partial charge in [-0.15, -0.1) is 0 Å². The molecule has 0 bridgehead atoms. The first-order valence-corrected chi connectivity index (χ1v) is 11.2. The molecule has 1 aromatic carbocycles. The second kappa shape index (κ2) is 11.8. The van der Waals surface area contributed by atoms with Gasteiger partial charge in [-0.25, -0.2) is 0 Å². The Balaban J connectivity index is 1.37. The lowest BCUT2D eigenvalue weighted by Crippen LogP contribution is -2.53. The Morgan fingerprint density at radius 1 is 0.871 bits per heavy atom. The van der Waals surface area contributed by atoms with Gasteiger partial charge in [0.2, 0.25) is 11.8 Å². The molecule has 0 aromatic heterocycles. The third-order valence-electron chi connectivity index (χ3n) is 5.66. The molecule has 1 aromatic rings. The van der Waals surface area contributed by atoms with Gasteiger partial charge < -0.3 is 19.3 Å². The first kappa shape index (κ1) is 23.2. The van der Waals surface area contributed by atoms with Crippen LogP contribution in [0.3, 0.4) is 0 Å². The van der Waals surface area contributed by atoms with Crippen LogP contribution in [0.4, 0.5) is 0 Å². The lowest BCUT2D eigenvalue weighted by molar-refractivity contribution is -0.140. The number of Topliss-reactive ketones (excluding diaryl/α,β-unsaturated/α-hetero) is 1. The Labute approximate surface area is 184 Å². The molecular formula is C23H33N3O5. The van der Waals surface area contributed by atoms with Gasteiger partial charge in [0.15, 0.2) is 5.78 Å². The predicted molar refractivity (Wildman–Crippen MR) is 116 cm³/mol. The van der Waals surface area contributed by atoms with E-state index in [1.54, 1.807) is 29.2 Å². The summed E-state index contributed by atoms with van der Waals surface area (Å²) in [5, 5.41) is 0. The SMILES string of the molecule is CCCOc1ccc(C(=O)CCC(=O)N2CCN(C(=O)CN3CCOCC3)CC2)cc1. The van der Waals surface area contributed by atoms with Crippen LogP contribution < -0.4 is 4.74 Å². The fourth-order valence-electron chi connectivity index (χ4n) is 3.74. The summed E-state index contributed by atoms with van der Waals surface area (Å²) in [5.41, 5.74) is 0.593. The van der Waals surface area contributed by atoms with Gasteiger partial charge >= 0.3 is 0 Å². The third kappa shape index (κ3) is 7.04. The number of amides is 2. The summed E-state index contributed by atoms with van der Waals surface area (Å²) < 4.78 is 10.8. The molecule has 0 radical (unpaired) electrons. The highest BCUT2D eigenvalue weighted by atomic mass is 16.5. The Morgan fingerprint density at radius 3 is 2.10 bits per heavy atom. The van der Waals surface area contributed by atoms with E-state index < -0.39 is 0 Å². The summed E-state index contributed by atoms with van der Waals surface area (Å²) in [4.78, 5) is 43.1. The quantitative estimate of drug-likeness (QED) is 0.551. The molecule has 0 atom stereocenters. The maximum atomic E-state index is 12.5. The molecule has 0 unspecified atom stereocenters. The zero-order valence-electron chi connectivity index (χ0n) is 18.4. The van der Waals surface area contributed by atoms with Crippen LogP contribution in [0.15, 0.2) is 24.3 Å². The molecule has 31 heavy (non-hydrogen) atoms. The van der Waals surface area contributed by atoms with Gasteiger partial charge in [-0.2, -0.15) is 0 Å². The first-order valence-electron chi connectivity index (χ1n) is 11.2. The zero-order valence-corrected chi connectivity index (χ0v) is 18.4. The van der Waals surface area contributed by atoms with Crippen molar-refractivity contribution in [2.75, 3.05) is 65.6 Å². The number of hydrogen-bond acceptors (Lipinski definition) is 6. The maximum Gasteiger partial charge on any atom is 0.236 e. The minimum atomic E-state index is -0.0466. The minimum absolute atomic E-state index is 0.0310. The number of rotatable bonds is 9. The van der Waals surface area contributed by atoms with Crippen LogP contribution in [0.1, 0.15) is 36.5 Å². The highest BCUT2D eigenvalue weighted by Gasteiger charge is 2.26. The Kier molecular flexibility index (Phi) is 8.85. The van der Waals surface area contributed by atoms with Crippen molar-refractivity contribution in [3.63, 3.8) is 0 Å². The average molecular weight is 432 g/mol. The summed E-state index contributed by atoms with van der Waals surface area (Å²) in [6.07, 6.45) is 1.30. The fourth-order valence-corrected chi connectivity index (χ4v) is 3.74. The molecule has 0 saturated carbocycles. The van der Waals surface area contributed by atoms with Crippen LogP contribution in [0.25, 0.3) is 0 Å². The van der Waals surface area contributed by atoms with Crippen molar-refractivity contribution in [3.8, 4) is 5.75 Å². The smallest absolute Gasteiger partial charge is 0.236 e. The van der Waals surface area contributed by atoms with Gasteiger partial charge in [0, 0.05) is 57.7 Å². The van der Waals surface area contributed by atoms with Crippen LogP contribution in [-0.2, 0) is 14.3 Å². The highest BCUT2D eigenvalue weighted by molar-refractivity contribution is 5.98. The second-order valence-electron chi connectivity index (χ2n) is 7.95. The fraction of sp³-hybridized carbons (Fsp3) is 0.609. The number of nitrogens with zero attached hydrogens (tertiary/aromatic N) is 3. The van der Waals surface area contributed by atoms with E-state index in [-0.39, 0.29) is 30.4 Å². The second-order valence-corrected chi connectivity index (χ2v) is 7.95. The number of hydrogen-bond donors (Lipinski definition) is 0. The van der Waals surface area contributed by atoms with E-state index in [0.717, 1.165) is 25.3 Å². The van der Waals surface area contributed by atoms with Crippen molar-refractivity contribution >= 4 is 17.6 Å². The van der Waals surface area contributed by atoms with Crippen molar-refractivity contribution in [2.45, 2.75) is 26.2 Å². The summed E-state index contributed by atoms with van der Waals surface area (Å²) in [5.74, 6) is 0.775. The number of ketones is 1. The maximum absolute atomic E-state index is 12.5. The molecule has 3 rings (SSSR count). The van der Waals surface area contributed by atoms with Crippen LogP contribution in [0, 0.1) is 0 Å². The van der Waals surface area contributed by atoms with E-state index in [4.69, 9.17) is 9.47 Å². The molecule has 2 amide bonds. The molecule has 2 aliphatic heterocycles. The topological polar surface area (TPSA) is 79.4 Å². The molecule has 0 N–H and O–H groups in total. The standard InChI is InChI=1S/C23H33N3O5/c1-2-15-31-20-5-3-19(4-6-20)21(27)7-8-22(28)25-9-11-26(12-10-25)23(29)18-24-13-16-30-17-14-24/h3-6H,2,7-18H2,1H3. The molecule has 2 fully saturated rings. The molecule has 2 heterocycles. The van der Waals surface area contributed by atoms with Gasteiger partial charge in [-0.05, 0) is 30.7 Å². The normalized spacial score (nSPS) is 17.5. The molecule has 0 spiro atoms. The van der Waals surface area contributed by atoms with E-state index in [1.807, 2.05) is 11.8 Å². The van der Waals surface area contributed by atoms with E-state index in [0.29, 0.717) is 58.1 Å². The van der Waals surface area contributed by atoms with Crippen molar-refractivity contribution in [2.24, 2.45) is 0 Å². The van der Waals surface area contributed by atoms with Gasteiger partial charge in [-0.1, -0.05) is 6.92 Å². The molecule has 170 valence electrons. The van der Waals surface area contributed by atoms with Gasteiger partial charge in [0.1, 0.15) is 5.75 Å². The summed E-state index contributed by atoms with van der Waals surface area (Å²) in [7, 11) is 0. The van der Waals surface area contributed by atoms with E-state index >= 15 is 0 Å². The Bertz CT molecular complexity index is 738. The van der Waals surface area contributed by atoms with Crippen LogP contribution in [0.2, 0.25) is 0 Å². The minimum Gasteiger partial charge on any atom is -0.494 e. The summed E-state index contributed by atoms with van der Waals surface area (Å²) >= 11 is 0. The molecule has 2 aliphatic rings. The van der Waals surface area contributed by atoms with E-state index in [9.17, 15) is 14.4 Å². The number of benzene rings is 1. The number of ether oxygens (including phenoxy) is 2. The Hall–Kier alpha value is -2.45. The number of carbonyl (C=O) groups is 3. The molecular weight excluding hydrogens is 398 g/mol.